The summed E-state index contributed by atoms with van der Waals surface area (Å²) in [6.45, 7) is 5.08. The molecule has 4 rings (SSSR count). The molecule has 0 saturated heterocycles. The van der Waals surface area contributed by atoms with Gasteiger partial charge < -0.3 is 15.2 Å². The number of aromatic nitrogens is 1. The number of thiocarbonyl (C=S) groups is 1. The van der Waals surface area contributed by atoms with Crippen molar-refractivity contribution in [3.05, 3.63) is 68.8 Å². The molecule has 2 N–H and O–H groups in total. The molecule has 1 atom stereocenters. The summed E-state index contributed by atoms with van der Waals surface area (Å²) in [6.07, 6.45) is 0.947. The first-order valence-corrected chi connectivity index (χ1v) is 10.6. The first-order chi connectivity index (χ1) is 12.9. The van der Waals surface area contributed by atoms with Gasteiger partial charge in [-0.05, 0) is 73.9 Å². The molecule has 1 aromatic heterocycles. The summed E-state index contributed by atoms with van der Waals surface area (Å²) in [5, 5.41) is 6.19. The van der Waals surface area contributed by atoms with Gasteiger partial charge in [0, 0.05) is 38.7 Å². The summed E-state index contributed by atoms with van der Waals surface area (Å²) in [6, 6.07) is 14.8. The molecule has 140 valence electrons. The lowest BCUT2D eigenvalue weighted by Gasteiger charge is -2.38. The molecule has 0 fully saturated rings. The number of aromatic amines is 1. The number of nitrogens with one attached hydrogen (secondary N) is 2. The van der Waals surface area contributed by atoms with E-state index in [0.717, 1.165) is 38.7 Å². The number of hydrogen-bond acceptors (Lipinski definition) is 1. The van der Waals surface area contributed by atoms with Crippen molar-refractivity contribution in [1.29, 1.82) is 0 Å². The Bertz CT molecular complexity index is 1010. The van der Waals surface area contributed by atoms with Gasteiger partial charge in [0.05, 0.1) is 6.04 Å². The smallest absolute Gasteiger partial charge is 0.169 e. The number of hydrogen-bond donors (Lipinski definition) is 2. The van der Waals surface area contributed by atoms with Gasteiger partial charge in [0.25, 0.3) is 0 Å². The largest absolute Gasteiger partial charge is 0.360 e. The van der Waals surface area contributed by atoms with Crippen molar-refractivity contribution < 1.29 is 0 Å². The lowest BCUT2D eigenvalue weighted by Crippen LogP contribution is -2.47. The Hall–Kier alpha value is -1.56. The van der Waals surface area contributed by atoms with Crippen LogP contribution in [0.3, 0.4) is 0 Å². The van der Waals surface area contributed by atoms with Crippen LogP contribution in [0.2, 0.25) is 5.02 Å². The maximum absolute atomic E-state index is 6.32. The molecule has 3 nitrogen and oxygen atoms in total. The fourth-order valence-electron chi connectivity index (χ4n) is 3.83. The van der Waals surface area contributed by atoms with Crippen molar-refractivity contribution in [2.75, 3.05) is 6.54 Å². The Kier molecular flexibility index (Phi) is 5.19. The van der Waals surface area contributed by atoms with E-state index in [2.05, 4.69) is 69.2 Å². The fraction of sp³-hybridized carbons (Fsp3) is 0.286. The van der Waals surface area contributed by atoms with Crippen molar-refractivity contribution in [3.63, 3.8) is 0 Å². The average molecular weight is 463 g/mol. The van der Waals surface area contributed by atoms with Gasteiger partial charge in [-0.15, -0.1) is 0 Å². The lowest BCUT2D eigenvalue weighted by molar-refractivity contribution is 0.327. The van der Waals surface area contributed by atoms with E-state index in [9.17, 15) is 0 Å². The van der Waals surface area contributed by atoms with E-state index in [4.69, 9.17) is 23.8 Å². The number of fused-ring (bicyclic) bond motifs is 3. The summed E-state index contributed by atoms with van der Waals surface area (Å²) >= 11 is 15.7. The molecule has 0 amide bonds. The minimum absolute atomic E-state index is 0.0115. The lowest BCUT2D eigenvalue weighted by atomic mass is 9.92. The highest BCUT2D eigenvalue weighted by Crippen LogP contribution is 2.39. The third-order valence-corrected chi connectivity index (χ3v) is 6.01. The van der Waals surface area contributed by atoms with Gasteiger partial charge in [-0.2, -0.15) is 0 Å². The number of halogens is 2. The van der Waals surface area contributed by atoms with E-state index in [1.54, 1.807) is 0 Å². The van der Waals surface area contributed by atoms with Crippen molar-refractivity contribution in [3.8, 4) is 0 Å². The monoisotopic (exact) mass is 461 g/mol. The number of H-pyrrole nitrogens is 1. The second-order valence-corrected chi connectivity index (χ2v) is 8.95. The highest BCUT2D eigenvalue weighted by molar-refractivity contribution is 9.10. The molecule has 0 spiro atoms. The first-order valence-electron chi connectivity index (χ1n) is 9.06. The van der Waals surface area contributed by atoms with E-state index < -0.39 is 0 Å². The van der Waals surface area contributed by atoms with Crippen LogP contribution >= 0.6 is 39.7 Å². The van der Waals surface area contributed by atoms with Crippen molar-refractivity contribution in [2.45, 2.75) is 32.4 Å². The second-order valence-electron chi connectivity index (χ2n) is 7.21. The Morgan fingerprint density at radius 2 is 2.11 bits per heavy atom. The van der Waals surface area contributed by atoms with E-state index >= 15 is 0 Å². The standard InChI is InChI=1S/C21H21BrClN3S/c1-12(2)24-21(27)26-9-8-16-17-11-14(22)6-7-18(17)25-19(16)20(26)13-4-3-5-15(23)10-13/h3-7,10-12,20,25H,8-9H2,1-2H3,(H,24,27). The summed E-state index contributed by atoms with van der Waals surface area (Å²) in [4.78, 5) is 5.93. The third kappa shape index (κ3) is 3.60. The van der Waals surface area contributed by atoms with Crippen molar-refractivity contribution >= 4 is 55.8 Å². The summed E-state index contributed by atoms with van der Waals surface area (Å²) < 4.78 is 1.09. The highest BCUT2D eigenvalue weighted by Gasteiger charge is 2.33. The Balaban J connectivity index is 1.87. The summed E-state index contributed by atoms with van der Waals surface area (Å²) in [7, 11) is 0. The number of benzene rings is 2. The molecule has 1 aliphatic heterocycles. The topological polar surface area (TPSA) is 31.1 Å². The molecular formula is C21H21BrClN3S. The van der Waals surface area contributed by atoms with Gasteiger partial charge in [-0.1, -0.05) is 39.7 Å². The second kappa shape index (κ2) is 7.46. The van der Waals surface area contributed by atoms with Crippen LogP contribution in [0.15, 0.2) is 46.9 Å². The molecule has 2 aromatic carbocycles. The first kappa shape index (κ1) is 18.8. The maximum atomic E-state index is 6.32. The van der Waals surface area contributed by atoms with Crippen LogP contribution in [0.4, 0.5) is 0 Å². The normalized spacial score (nSPS) is 16.6. The molecule has 27 heavy (non-hydrogen) atoms. The van der Waals surface area contributed by atoms with Crippen molar-refractivity contribution in [1.82, 2.24) is 15.2 Å². The van der Waals surface area contributed by atoms with Crippen LogP contribution in [-0.2, 0) is 6.42 Å². The number of rotatable bonds is 2. The molecule has 1 unspecified atom stereocenters. The Morgan fingerprint density at radius 3 is 2.85 bits per heavy atom. The van der Waals surface area contributed by atoms with Crippen LogP contribution in [0.25, 0.3) is 10.9 Å². The predicted molar refractivity (Wildman–Crippen MR) is 121 cm³/mol. The predicted octanol–water partition coefficient (Wildman–Crippen LogP) is 5.81. The molecule has 1 aliphatic rings. The van der Waals surface area contributed by atoms with Gasteiger partial charge in [-0.25, -0.2) is 0 Å². The average Bonchev–Trinajstić information content (AvgIpc) is 2.98. The zero-order valence-electron chi connectivity index (χ0n) is 15.2. The minimum Gasteiger partial charge on any atom is -0.360 e. The van der Waals surface area contributed by atoms with Gasteiger partial charge >= 0.3 is 0 Å². The van der Waals surface area contributed by atoms with Crippen LogP contribution in [0.5, 0.6) is 0 Å². The van der Waals surface area contributed by atoms with E-state index in [1.807, 2.05) is 18.2 Å². The van der Waals surface area contributed by atoms with E-state index in [0.29, 0.717) is 0 Å². The molecule has 6 heteroatoms. The van der Waals surface area contributed by atoms with Crippen LogP contribution in [0.1, 0.15) is 36.7 Å². The van der Waals surface area contributed by atoms with Crippen LogP contribution < -0.4 is 5.32 Å². The van der Waals surface area contributed by atoms with Gasteiger partial charge in [0.1, 0.15) is 0 Å². The molecule has 0 aliphatic carbocycles. The zero-order valence-corrected chi connectivity index (χ0v) is 18.4. The third-order valence-electron chi connectivity index (χ3n) is 4.93. The van der Waals surface area contributed by atoms with Gasteiger partial charge in [0.15, 0.2) is 5.11 Å². The molecule has 3 aromatic rings. The molecule has 2 heterocycles. The molecule has 0 saturated carbocycles. The zero-order chi connectivity index (χ0) is 19.1. The highest BCUT2D eigenvalue weighted by atomic mass is 79.9. The summed E-state index contributed by atoms with van der Waals surface area (Å²) in [5.74, 6) is 0. The SMILES string of the molecule is CC(C)NC(=S)N1CCc2c([nH]c3ccc(Br)cc23)C1c1cccc(Cl)c1. The number of nitrogens with zero attached hydrogens (tertiary/aromatic N) is 1. The van der Waals surface area contributed by atoms with Gasteiger partial charge in [-0.3, -0.25) is 0 Å². The van der Waals surface area contributed by atoms with Crippen LogP contribution in [-0.4, -0.2) is 27.6 Å². The van der Waals surface area contributed by atoms with Crippen LogP contribution in [0, 0.1) is 0 Å². The van der Waals surface area contributed by atoms with E-state index in [1.165, 1.54) is 16.6 Å². The Morgan fingerprint density at radius 1 is 1.30 bits per heavy atom. The van der Waals surface area contributed by atoms with E-state index in [-0.39, 0.29) is 12.1 Å². The molecule has 0 radical (unpaired) electrons. The quantitative estimate of drug-likeness (QED) is 0.471. The van der Waals surface area contributed by atoms with Crippen molar-refractivity contribution in [2.24, 2.45) is 0 Å². The molecular weight excluding hydrogens is 442 g/mol. The van der Waals surface area contributed by atoms with Gasteiger partial charge in [0.2, 0.25) is 0 Å². The molecule has 0 bridgehead atoms. The Labute approximate surface area is 178 Å². The minimum atomic E-state index is 0.0115. The summed E-state index contributed by atoms with van der Waals surface area (Å²) in [5.41, 5.74) is 4.85. The fourth-order valence-corrected chi connectivity index (χ4v) is 4.82. The maximum Gasteiger partial charge on any atom is 0.169 e.